The van der Waals surface area contributed by atoms with Crippen LogP contribution in [-0.4, -0.2) is 35.1 Å². The number of hydrogen-bond donors (Lipinski definition) is 3. The zero-order valence-electron chi connectivity index (χ0n) is 16.3. The van der Waals surface area contributed by atoms with Crippen molar-refractivity contribution in [3.63, 3.8) is 0 Å². The van der Waals surface area contributed by atoms with Crippen molar-refractivity contribution in [2.45, 2.75) is 24.4 Å². The van der Waals surface area contributed by atoms with Gasteiger partial charge in [-0.15, -0.1) is 0 Å². The summed E-state index contributed by atoms with van der Waals surface area (Å²) in [6.45, 7) is 1.89. The number of hydrazine groups is 1. The number of nitrogens with zero attached hydrogens (tertiary/aromatic N) is 3. The van der Waals surface area contributed by atoms with Crippen LogP contribution in [-0.2, 0) is 0 Å². The quantitative estimate of drug-likeness (QED) is 0.640. The minimum atomic E-state index is 0.273. The molecule has 3 aromatic rings. The van der Waals surface area contributed by atoms with Crippen LogP contribution in [0.3, 0.4) is 0 Å². The van der Waals surface area contributed by atoms with E-state index in [-0.39, 0.29) is 12.0 Å². The lowest BCUT2D eigenvalue weighted by Gasteiger charge is -2.38. The molecule has 2 aliphatic heterocycles. The maximum absolute atomic E-state index is 5.90. The normalized spacial score (nSPS) is 23.9. The van der Waals surface area contributed by atoms with Gasteiger partial charge < -0.3 is 10.6 Å². The molecule has 6 nitrogen and oxygen atoms in total. The third kappa shape index (κ3) is 3.57. The molecule has 0 aliphatic carbocycles. The molecule has 3 heterocycles. The second-order valence-corrected chi connectivity index (χ2v) is 7.92. The van der Waals surface area contributed by atoms with Crippen molar-refractivity contribution in [3.8, 4) is 0 Å². The number of nitrogen functional groups attached to an aromatic ring is 1. The molecule has 2 saturated heterocycles. The van der Waals surface area contributed by atoms with E-state index in [0.717, 1.165) is 25.3 Å². The number of anilines is 2. The van der Waals surface area contributed by atoms with E-state index in [4.69, 9.17) is 5.73 Å². The highest BCUT2D eigenvalue weighted by Crippen LogP contribution is 2.37. The molecule has 3 atom stereocenters. The second kappa shape index (κ2) is 7.81. The van der Waals surface area contributed by atoms with Crippen molar-refractivity contribution in [1.29, 1.82) is 0 Å². The van der Waals surface area contributed by atoms with Gasteiger partial charge in [0.25, 0.3) is 0 Å². The Morgan fingerprint density at radius 3 is 2.28 bits per heavy atom. The van der Waals surface area contributed by atoms with E-state index >= 15 is 0 Å². The highest BCUT2D eigenvalue weighted by atomic mass is 15.4. The summed E-state index contributed by atoms with van der Waals surface area (Å²) in [4.78, 5) is 10.8. The Bertz CT molecular complexity index is 908. The molecule has 2 fully saturated rings. The summed E-state index contributed by atoms with van der Waals surface area (Å²) in [5.41, 5.74) is 15.8. The Morgan fingerprint density at radius 2 is 1.62 bits per heavy atom. The number of fused-ring (bicyclic) bond motifs is 1. The molecular formula is C23H26N6. The van der Waals surface area contributed by atoms with Crippen LogP contribution in [0.2, 0.25) is 0 Å². The average Bonchev–Trinajstić information content (AvgIpc) is 3.18. The molecular weight excluding hydrogens is 360 g/mol. The molecule has 0 saturated carbocycles. The van der Waals surface area contributed by atoms with Gasteiger partial charge in [0.05, 0.1) is 0 Å². The molecule has 5 rings (SSSR count). The highest BCUT2D eigenvalue weighted by molar-refractivity contribution is 5.47. The van der Waals surface area contributed by atoms with E-state index in [1.54, 1.807) is 6.33 Å². The molecule has 3 unspecified atom stereocenters. The third-order valence-corrected chi connectivity index (χ3v) is 6.23. The average molecular weight is 387 g/mol. The van der Waals surface area contributed by atoms with Crippen molar-refractivity contribution in [1.82, 2.24) is 20.8 Å². The van der Waals surface area contributed by atoms with Crippen LogP contribution in [0.5, 0.6) is 0 Å². The first-order chi connectivity index (χ1) is 14.3. The van der Waals surface area contributed by atoms with Crippen molar-refractivity contribution < 1.29 is 0 Å². The molecule has 0 radical (unpaired) electrons. The fraction of sp³-hybridized carbons (Fsp3) is 0.304. The summed E-state index contributed by atoms with van der Waals surface area (Å²) in [6, 6.07) is 24.2. The summed E-state index contributed by atoms with van der Waals surface area (Å²) in [7, 11) is 0. The van der Waals surface area contributed by atoms with E-state index in [9.17, 15) is 0 Å². The largest absolute Gasteiger partial charge is 0.384 e. The second-order valence-electron chi connectivity index (χ2n) is 7.92. The molecule has 29 heavy (non-hydrogen) atoms. The lowest BCUT2D eigenvalue weighted by atomic mass is 9.76. The predicted molar refractivity (Wildman–Crippen MR) is 115 cm³/mol. The van der Waals surface area contributed by atoms with Gasteiger partial charge in [-0.3, -0.25) is 10.9 Å². The van der Waals surface area contributed by atoms with E-state index < -0.39 is 0 Å². The smallest absolute Gasteiger partial charge is 0.134 e. The Balaban J connectivity index is 1.47. The van der Waals surface area contributed by atoms with Gasteiger partial charge in [0, 0.05) is 43.1 Å². The van der Waals surface area contributed by atoms with Crippen LogP contribution in [0.1, 0.15) is 23.5 Å². The summed E-state index contributed by atoms with van der Waals surface area (Å²) in [5, 5.41) is 0. The molecule has 4 N–H and O–H groups in total. The van der Waals surface area contributed by atoms with Crippen molar-refractivity contribution in [2.24, 2.45) is 5.92 Å². The van der Waals surface area contributed by atoms with Crippen LogP contribution >= 0.6 is 0 Å². The standard InChI is InChI=1S/C23H26N6/c24-20-13-21(26-15-25-20)29-12-11-19-18(14-29)23(28-27-19)22(16-7-3-1-4-8-16)17-9-5-2-6-10-17/h1-10,13,15,18-19,22-23,27-28H,11-12,14H2,(H2,24,25,26). The van der Waals surface area contributed by atoms with Gasteiger partial charge in [-0.05, 0) is 17.5 Å². The van der Waals surface area contributed by atoms with E-state index in [0.29, 0.717) is 17.8 Å². The lowest BCUT2D eigenvalue weighted by molar-refractivity contribution is 0.338. The summed E-state index contributed by atoms with van der Waals surface area (Å²) in [5.74, 6) is 2.15. The number of aromatic nitrogens is 2. The molecule has 0 spiro atoms. The van der Waals surface area contributed by atoms with Crippen LogP contribution in [0, 0.1) is 5.92 Å². The molecule has 2 aliphatic rings. The molecule has 148 valence electrons. The van der Waals surface area contributed by atoms with Gasteiger partial charge in [0.1, 0.15) is 18.0 Å². The molecule has 0 bridgehead atoms. The fourth-order valence-corrected chi connectivity index (χ4v) is 4.84. The zero-order chi connectivity index (χ0) is 19.6. The Kier molecular flexibility index (Phi) is 4.87. The first-order valence-corrected chi connectivity index (χ1v) is 10.2. The summed E-state index contributed by atoms with van der Waals surface area (Å²) in [6.07, 6.45) is 2.62. The molecule has 1 aromatic heterocycles. The SMILES string of the molecule is Nc1cc(N2CCC3NNC(C(c4ccccc4)c4ccccc4)C3C2)ncn1. The fourth-order valence-electron chi connectivity index (χ4n) is 4.84. The predicted octanol–water partition coefficient (Wildman–Crippen LogP) is 2.56. The van der Waals surface area contributed by atoms with Crippen LogP contribution in [0.15, 0.2) is 73.1 Å². The number of rotatable bonds is 4. The van der Waals surface area contributed by atoms with Gasteiger partial charge >= 0.3 is 0 Å². The number of benzene rings is 2. The monoisotopic (exact) mass is 386 g/mol. The first-order valence-electron chi connectivity index (χ1n) is 10.2. The highest BCUT2D eigenvalue weighted by Gasteiger charge is 2.44. The van der Waals surface area contributed by atoms with Crippen molar-refractivity contribution in [2.75, 3.05) is 23.7 Å². The Labute approximate surface area is 171 Å². The summed E-state index contributed by atoms with van der Waals surface area (Å²) >= 11 is 0. The third-order valence-electron chi connectivity index (χ3n) is 6.23. The Morgan fingerprint density at radius 1 is 0.931 bits per heavy atom. The Hall–Kier alpha value is -2.96. The minimum Gasteiger partial charge on any atom is -0.384 e. The van der Waals surface area contributed by atoms with Crippen LogP contribution in [0.25, 0.3) is 0 Å². The van der Waals surface area contributed by atoms with E-state index in [2.05, 4.69) is 86.4 Å². The first kappa shape index (κ1) is 18.1. The van der Waals surface area contributed by atoms with Crippen LogP contribution in [0.4, 0.5) is 11.6 Å². The number of hydrogen-bond acceptors (Lipinski definition) is 6. The summed E-state index contributed by atoms with van der Waals surface area (Å²) < 4.78 is 0. The van der Waals surface area contributed by atoms with Crippen molar-refractivity contribution >= 4 is 11.6 Å². The zero-order valence-corrected chi connectivity index (χ0v) is 16.3. The molecule has 2 aromatic carbocycles. The van der Waals surface area contributed by atoms with Gasteiger partial charge in [0.2, 0.25) is 0 Å². The van der Waals surface area contributed by atoms with Gasteiger partial charge in [0.15, 0.2) is 0 Å². The number of piperidine rings is 1. The van der Waals surface area contributed by atoms with Crippen LogP contribution < -0.4 is 21.5 Å². The van der Waals surface area contributed by atoms with Gasteiger partial charge in [-0.1, -0.05) is 60.7 Å². The number of nitrogens with two attached hydrogens (primary N) is 1. The molecule has 0 amide bonds. The van der Waals surface area contributed by atoms with Gasteiger partial charge in [-0.25, -0.2) is 9.97 Å². The lowest BCUT2D eigenvalue weighted by Crippen LogP contribution is -2.47. The maximum atomic E-state index is 5.90. The van der Waals surface area contributed by atoms with Gasteiger partial charge in [-0.2, -0.15) is 0 Å². The molecule has 6 heteroatoms. The van der Waals surface area contributed by atoms with E-state index in [1.165, 1.54) is 11.1 Å². The van der Waals surface area contributed by atoms with Crippen molar-refractivity contribution in [3.05, 3.63) is 84.2 Å². The minimum absolute atomic E-state index is 0.273. The van der Waals surface area contributed by atoms with E-state index in [1.807, 2.05) is 6.07 Å². The number of nitrogens with one attached hydrogen (secondary N) is 2. The maximum Gasteiger partial charge on any atom is 0.134 e. The topological polar surface area (TPSA) is 79.1 Å².